The van der Waals surface area contributed by atoms with Crippen LogP contribution in [0, 0.1) is 0 Å². The van der Waals surface area contributed by atoms with E-state index < -0.39 is 0 Å². The first kappa shape index (κ1) is 20.1. The Hall–Kier alpha value is -2.64. The zero-order valence-electron chi connectivity index (χ0n) is 17.0. The van der Waals surface area contributed by atoms with E-state index in [0.717, 1.165) is 28.2 Å². The lowest BCUT2D eigenvalue weighted by Gasteiger charge is -2.21. The number of hydrogen-bond acceptors (Lipinski definition) is 5. The minimum absolute atomic E-state index is 0.0300. The highest BCUT2D eigenvalue weighted by Gasteiger charge is 2.22. The smallest absolute Gasteiger partial charge is 0.260 e. The van der Waals surface area contributed by atoms with Crippen molar-refractivity contribution in [1.82, 2.24) is 4.98 Å². The summed E-state index contributed by atoms with van der Waals surface area (Å²) < 4.78 is 6.32. The summed E-state index contributed by atoms with van der Waals surface area (Å²) in [4.78, 5) is 23.1. The standard InChI is InChI=1S/C21H26N4O2S/c1-23(2)12-13-25(20(26)15-6-8-16(9-7-15)24(3)4)21-22-18-11-10-17(27-5)14-19(18)28-21/h6-11,14H,12-13H2,1-5H3/p+1. The number of fused-ring (bicyclic) bond motifs is 1. The lowest BCUT2D eigenvalue weighted by Crippen LogP contribution is -3.06. The van der Waals surface area contributed by atoms with E-state index in [1.807, 2.05) is 61.5 Å². The highest BCUT2D eigenvalue weighted by Crippen LogP contribution is 2.32. The van der Waals surface area contributed by atoms with E-state index in [-0.39, 0.29) is 5.91 Å². The first-order valence-corrected chi connectivity index (χ1v) is 10.0. The number of carbonyl (C=O) groups excluding carboxylic acids is 1. The fraction of sp³-hybridized carbons (Fsp3) is 0.333. The minimum Gasteiger partial charge on any atom is -0.497 e. The largest absolute Gasteiger partial charge is 0.497 e. The summed E-state index contributed by atoms with van der Waals surface area (Å²) in [5.41, 5.74) is 2.60. The number of amides is 1. The number of methoxy groups -OCH3 is 1. The molecule has 0 aliphatic heterocycles. The molecule has 2 aromatic carbocycles. The Morgan fingerprint density at radius 1 is 1.14 bits per heavy atom. The van der Waals surface area contributed by atoms with E-state index in [1.165, 1.54) is 16.2 Å². The van der Waals surface area contributed by atoms with E-state index in [0.29, 0.717) is 17.2 Å². The number of aromatic nitrogens is 1. The fourth-order valence-electron chi connectivity index (χ4n) is 2.81. The predicted octanol–water partition coefficient (Wildman–Crippen LogP) is 2.16. The van der Waals surface area contributed by atoms with Gasteiger partial charge in [-0.05, 0) is 42.5 Å². The number of nitrogens with one attached hydrogen (secondary N) is 1. The number of anilines is 2. The normalized spacial score (nSPS) is 11.1. The highest BCUT2D eigenvalue weighted by atomic mass is 32.1. The van der Waals surface area contributed by atoms with E-state index in [2.05, 4.69) is 14.1 Å². The van der Waals surface area contributed by atoms with Crippen LogP contribution in [-0.4, -0.2) is 59.3 Å². The number of likely N-dealkylation sites (N-methyl/N-ethyl adjacent to an activating group) is 1. The van der Waals surface area contributed by atoms with Gasteiger partial charge in [-0.1, -0.05) is 11.3 Å². The molecule has 148 valence electrons. The number of nitrogens with zero attached hydrogens (tertiary/aromatic N) is 3. The average molecular weight is 400 g/mol. The van der Waals surface area contributed by atoms with Gasteiger partial charge in [0.2, 0.25) is 0 Å². The van der Waals surface area contributed by atoms with Crippen LogP contribution in [0.2, 0.25) is 0 Å². The number of rotatable bonds is 7. The molecule has 0 atom stereocenters. The van der Waals surface area contributed by atoms with Crippen molar-refractivity contribution >= 4 is 38.3 Å². The third kappa shape index (κ3) is 4.43. The van der Waals surface area contributed by atoms with Gasteiger partial charge in [-0.2, -0.15) is 0 Å². The Bertz CT molecular complexity index is 951. The quantitative estimate of drug-likeness (QED) is 0.662. The van der Waals surface area contributed by atoms with Gasteiger partial charge < -0.3 is 14.5 Å². The summed E-state index contributed by atoms with van der Waals surface area (Å²) in [5, 5.41) is 0.714. The van der Waals surface area contributed by atoms with Gasteiger partial charge in [-0.15, -0.1) is 0 Å². The Balaban J connectivity index is 1.94. The van der Waals surface area contributed by atoms with Crippen molar-refractivity contribution in [3.05, 3.63) is 48.0 Å². The molecule has 0 saturated carbocycles. The van der Waals surface area contributed by atoms with Crippen molar-refractivity contribution in [2.45, 2.75) is 0 Å². The summed E-state index contributed by atoms with van der Waals surface area (Å²) in [7, 11) is 9.78. The Morgan fingerprint density at radius 3 is 2.46 bits per heavy atom. The van der Waals surface area contributed by atoms with E-state index in [4.69, 9.17) is 9.72 Å². The minimum atomic E-state index is -0.0300. The van der Waals surface area contributed by atoms with Gasteiger partial charge in [-0.3, -0.25) is 9.69 Å². The van der Waals surface area contributed by atoms with Crippen LogP contribution in [0.5, 0.6) is 5.75 Å². The molecule has 3 rings (SSSR count). The van der Waals surface area contributed by atoms with Crippen LogP contribution < -0.4 is 19.4 Å². The van der Waals surface area contributed by atoms with Gasteiger partial charge in [0, 0.05) is 25.3 Å². The van der Waals surface area contributed by atoms with Crippen molar-refractivity contribution in [1.29, 1.82) is 0 Å². The fourth-order valence-corrected chi connectivity index (χ4v) is 3.83. The Kier molecular flexibility index (Phi) is 6.16. The van der Waals surface area contributed by atoms with Crippen LogP contribution in [0.1, 0.15) is 10.4 Å². The van der Waals surface area contributed by atoms with Crippen molar-refractivity contribution in [3.63, 3.8) is 0 Å². The second-order valence-corrected chi connectivity index (χ2v) is 8.19. The molecule has 28 heavy (non-hydrogen) atoms. The van der Waals surface area contributed by atoms with Crippen molar-refractivity contribution in [3.8, 4) is 5.75 Å². The number of carbonyl (C=O) groups is 1. The molecule has 0 unspecified atom stereocenters. The highest BCUT2D eigenvalue weighted by molar-refractivity contribution is 7.22. The number of ether oxygens (including phenoxy) is 1. The summed E-state index contributed by atoms with van der Waals surface area (Å²) in [6.07, 6.45) is 0. The maximum Gasteiger partial charge on any atom is 0.260 e. The number of benzene rings is 2. The average Bonchev–Trinajstić information content (AvgIpc) is 3.10. The van der Waals surface area contributed by atoms with Gasteiger partial charge in [0.25, 0.3) is 5.91 Å². The molecular formula is C21H27N4O2S+. The zero-order chi connectivity index (χ0) is 20.3. The maximum absolute atomic E-state index is 13.3. The molecular weight excluding hydrogens is 372 g/mol. The maximum atomic E-state index is 13.3. The third-order valence-corrected chi connectivity index (χ3v) is 5.57. The first-order valence-electron chi connectivity index (χ1n) is 9.22. The van der Waals surface area contributed by atoms with Gasteiger partial charge in [0.15, 0.2) is 5.13 Å². The second kappa shape index (κ2) is 8.58. The van der Waals surface area contributed by atoms with Crippen molar-refractivity contribution in [2.75, 3.05) is 58.2 Å². The van der Waals surface area contributed by atoms with Crippen LogP contribution in [-0.2, 0) is 0 Å². The van der Waals surface area contributed by atoms with Gasteiger partial charge in [-0.25, -0.2) is 4.98 Å². The molecule has 1 amide bonds. The van der Waals surface area contributed by atoms with Crippen LogP contribution in [0.4, 0.5) is 10.8 Å². The molecule has 6 nitrogen and oxygen atoms in total. The number of quaternary nitrogens is 1. The van der Waals surface area contributed by atoms with E-state index in [1.54, 1.807) is 12.0 Å². The van der Waals surface area contributed by atoms with Crippen LogP contribution >= 0.6 is 11.3 Å². The summed E-state index contributed by atoms with van der Waals surface area (Å²) in [5.74, 6) is 0.759. The molecule has 0 spiro atoms. The SMILES string of the molecule is COc1ccc2nc(N(CC[NH+](C)C)C(=O)c3ccc(N(C)C)cc3)sc2c1. The topological polar surface area (TPSA) is 50.1 Å². The van der Waals surface area contributed by atoms with Gasteiger partial charge >= 0.3 is 0 Å². The molecule has 0 aliphatic rings. The monoisotopic (exact) mass is 399 g/mol. The van der Waals surface area contributed by atoms with E-state index >= 15 is 0 Å². The second-order valence-electron chi connectivity index (χ2n) is 7.19. The molecule has 0 radical (unpaired) electrons. The molecule has 1 heterocycles. The van der Waals surface area contributed by atoms with Gasteiger partial charge in [0.05, 0.1) is 44.5 Å². The van der Waals surface area contributed by atoms with Gasteiger partial charge in [0.1, 0.15) is 5.75 Å². The molecule has 0 fully saturated rings. The van der Waals surface area contributed by atoms with E-state index in [9.17, 15) is 4.79 Å². The van der Waals surface area contributed by atoms with Crippen LogP contribution in [0.3, 0.4) is 0 Å². The Labute approximate surface area is 170 Å². The summed E-state index contributed by atoms with van der Waals surface area (Å²) in [6, 6.07) is 13.5. The van der Waals surface area contributed by atoms with Crippen molar-refractivity contribution < 1.29 is 14.4 Å². The molecule has 1 aromatic heterocycles. The number of thiazole rings is 1. The summed E-state index contributed by atoms with van der Waals surface area (Å²) in [6.45, 7) is 1.44. The number of hydrogen-bond donors (Lipinski definition) is 1. The van der Waals surface area contributed by atoms with Crippen LogP contribution in [0.25, 0.3) is 10.2 Å². The first-order chi connectivity index (χ1) is 13.4. The lowest BCUT2D eigenvalue weighted by atomic mass is 10.1. The molecule has 0 saturated heterocycles. The zero-order valence-corrected chi connectivity index (χ0v) is 17.8. The third-order valence-electron chi connectivity index (χ3n) is 4.53. The molecule has 0 aliphatic carbocycles. The molecule has 0 bridgehead atoms. The Morgan fingerprint density at radius 2 is 1.86 bits per heavy atom. The van der Waals surface area contributed by atoms with Crippen LogP contribution in [0.15, 0.2) is 42.5 Å². The molecule has 3 aromatic rings. The predicted molar refractivity (Wildman–Crippen MR) is 116 cm³/mol. The van der Waals surface area contributed by atoms with Crippen molar-refractivity contribution in [2.24, 2.45) is 0 Å². The molecule has 1 N–H and O–H groups in total. The summed E-state index contributed by atoms with van der Waals surface area (Å²) >= 11 is 1.51. The molecule has 7 heteroatoms. The lowest BCUT2D eigenvalue weighted by molar-refractivity contribution is -0.856.